The van der Waals surface area contributed by atoms with Crippen molar-refractivity contribution in [3.63, 3.8) is 0 Å². The summed E-state index contributed by atoms with van der Waals surface area (Å²) in [6, 6.07) is 27.4. The molecule has 4 aromatic carbocycles. The number of fused-ring (bicyclic) bond motifs is 3. The molecule has 6 heteroatoms. The summed E-state index contributed by atoms with van der Waals surface area (Å²) in [5, 5.41) is 4.15. The summed E-state index contributed by atoms with van der Waals surface area (Å²) in [6.07, 6.45) is 7.49. The second-order valence-electron chi connectivity index (χ2n) is 10.1. The second-order valence-corrected chi connectivity index (χ2v) is 10.5. The normalized spacial score (nSPS) is 19.2. The van der Waals surface area contributed by atoms with E-state index < -0.39 is 0 Å². The van der Waals surface area contributed by atoms with Gasteiger partial charge in [-0.3, -0.25) is 4.99 Å². The number of allylic oxidation sites excluding steroid dienone is 2. The third-order valence-corrected chi connectivity index (χ3v) is 7.83. The molecule has 3 atom stereocenters. The summed E-state index contributed by atoms with van der Waals surface area (Å²) in [5.41, 5.74) is 5.92. The molecule has 0 aromatic heterocycles. The van der Waals surface area contributed by atoms with Gasteiger partial charge < -0.3 is 14.8 Å². The lowest BCUT2D eigenvalue weighted by molar-refractivity contribution is 0.266. The van der Waals surface area contributed by atoms with E-state index in [2.05, 4.69) is 58.9 Å². The smallest absolute Gasteiger partial charge is 0.180 e. The number of hydrogen-bond acceptors (Lipinski definition) is 4. The standard InChI is InChI=1S/C34H30ClFN2O2/c1-2-39-32-19-22(18-29(35)34(32)40-21-24-8-3-5-12-30(24)36)20-37-25-16-14-23(15-17-25)33-28-11-7-10-26(28)27-9-4-6-13-31(27)38-33/h3-10,12-20,26,28,33,38H,2,11,21H2,1H3/t26-,28-,33-/m0/s1. The summed E-state index contributed by atoms with van der Waals surface area (Å²) in [6.45, 7) is 2.37. The van der Waals surface area contributed by atoms with Crippen molar-refractivity contribution in [3.05, 3.63) is 130 Å². The van der Waals surface area contributed by atoms with Crippen LogP contribution in [0.2, 0.25) is 5.02 Å². The predicted octanol–water partition coefficient (Wildman–Crippen LogP) is 9.03. The number of benzene rings is 4. The number of nitrogens with one attached hydrogen (secondary N) is 1. The number of anilines is 1. The van der Waals surface area contributed by atoms with Gasteiger partial charge in [0.1, 0.15) is 12.4 Å². The molecule has 1 N–H and O–H groups in total. The van der Waals surface area contributed by atoms with Crippen molar-refractivity contribution in [2.24, 2.45) is 10.9 Å². The Hall–Kier alpha value is -4.09. The minimum Gasteiger partial charge on any atom is -0.490 e. The van der Waals surface area contributed by atoms with Crippen LogP contribution in [0, 0.1) is 11.7 Å². The van der Waals surface area contributed by atoms with Gasteiger partial charge in [0, 0.05) is 23.4 Å². The molecule has 4 aromatic rings. The van der Waals surface area contributed by atoms with Gasteiger partial charge >= 0.3 is 0 Å². The number of hydrogen-bond donors (Lipinski definition) is 1. The van der Waals surface area contributed by atoms with E-state index in [0.717, 1.165) is 17.7 Å². The van der Waals surface area contributed by atoms with E-state index in [-0.39, 0.29) is 18.5 Å². The van der Waals surface area contributed by atoms with E-state index in [1.54, 1.807) is 30.5 Å². The summed E-state index contributed by atoms with van der Waals surface area (Å²) in [5.74, 6) is 1.50. The molecule has 0 amide bonds. The lowest BCUT2D eigenvalue weighted by Gasteiger charge is -2.37. The molecule has 0 fully saturated rings. The first-order valence-electron chi connectivity index (χ1n) is 13.6. The number of nitrogens with zero attached hydrogens (tertiary/aromatic N) is 1. The van der Waals surface area contributed by atoms with Crippen molar-refractivity contribution in [1.29, 1.82) is 0 Å². The van der Waals surface area contributed by atoms with Gasteiger partial charge in [0.2, 0.25) is 0 Å². The zero-order valence-corrected chi connectivity index (χ0v) is 22.9. The van der Waals surface area contributed by atoms with Crippen molar-refractivity contribution < 1.29 is 13.9 Å². The van der Waals surface area contributed by atoms with Gasteiger partial charge in [-0.15, -0.1) is 0 Å². The summed E-state index contributed by atoms with van der Waals surface area (Å²) in [4.78, 5) is 4.68. The minimum atomic E-state index is -0.324. The topological polar surface area (TPSA) is 42.8 Å². The first-order chi connectivity index (χ1) is 19.6. The van der Waals surface area contributed by atoms with E-state index in [1.807, 2.05) is 25.1 Å². The SMILES string of the molecule is CCOc1cc(C=Nc2ccc([C@@H]3Nc4ccccc4[C@@H]4C=CC[C@@H]43)cc2)cc(Cl)c1OCc1ccccc1F. The maximum Gasteiger partial charge on any atom is 0.180 e. The summed E-state index contributed by atoms with van der Waals surface area (Å²) >= 11 is 6.57. The fourth-order valence-electron chi connectivity index (χ4n) is 5.62. The number of ether oxygens (including phenoxy) is 2. The van der Waals surface area contributed by atoms with Crippen LogP contribution in [0.15, 0.2) is 102 Å². The third-order valence-electron chi connectivity index (χ3n) is 7.55. The van der Waals surface area contributed by atoms with Crippen LogP contribution in [-0.2, 0) is 6.61 Å². The number of para-hydroxylation sites is 1. The Morgan fingerprint density at radius 1 is 1.00 bits per heavy atom. The lowest BCUT2D eigenvalue weighted by atomic mass is 9.77. The van der Waals surface area contributed by atoms with E-state index in [4.69, 9.17) is 21.1 Å². The van der Waals surface area contributed by atoms with E-state index >= 15 is 0 Å². The molecule has 0 radical (unpaired) electrons. The van der Waals surface area contributed by atoms with Gasteiger partial charge in [-0.05, 0) is 72.4 Å². The van der Waals surface area contributed by atoms with E-state index in [1.165, 1.54) is 22.9 Å². The van der Waals surface area contributed by atoms with Crippen molar-refractivity contribution in [2.45, 2.75) is 31.9 Å². The van der Waals surface area contributed by atoms with Crippen LogP contribution < -0.4 is 14.8 Å². The fraction of sp³-hybridized carbons (Fsp3) is 0.206. The van der Waals surface area contributed by atoms with Crippen molar-refractivity contribution in [2.75, 3.05) is 11.9 Å². The average Bonchev–Trinajstić information content (AvgIpc) is 3.47. The molecule has 1 heterocycles. The van der Waals surface area contributed by atoms with Gasteiger partial charge in [0.25, 0.3) is 0 Å². The van der Waals surface area contributed by atoms with Gasteiger partial charge in [0.05, 0.1) is 23.4 Å². The first-order valence-corrected chi connectivity index (χ1v) is 14.0. The van der Waals surface area contributed by atoms with Gasteiger partial charge in [-0.25, -0.2) is 4.39 Å². The Morgan fingerprint density at radius 3 is 2.62 bits per heavy atom. The Morgan fingerprint density at radius 2 is 1.80 bits per heavy atom. The van der Waals surface area contributed by atoms with Crippen LogP contribution in [0.1, 0.15) is 47.6 Å². The molecule has 202 valence electrons. The van der Waals surface area contributed by atoms with Crippen LogP contribution in [0.5, 0.6) is 11.5 Å². The van der Waals surface area contributed by atoms with Gasteiger partial charge in [-0.2, -0.15) is 0 Å². The highest BCUT2D eigenvalue weighted by molar-refractivity contribution is 6.32. The highest BCUT2D eigenvalue weighted by Gasteiger charge is 2.37. The van der Waals surface area contributed by atoms with Gasteiger partial charge in [-0.1, -0.05) is 72.3 Å². The fourth-order valence-corrected chi connectivity index (χ4v) is 5.89. The monoisotopic (exact) mass is 552 g/mol. The molecular formula is C34H30ClFN2O2. The van der Waals surface area contributed by atoms with E-state index in [0.29, 0.717) is 40.5 Å². The Balaban J connectivity index is 1.18. The molecule has 0 spiro atoms. The zero-order valence-electron chi connectivity index (χ0n) is 22.2. The largest absolute Gasteiger partial charge is 0.490 e. The molecule has 1 aliphatic carbocycles. The Kier molecular flexibility index (Phi) is 7.56. The third kappa shape index (κ3) is 5.34. The number of aliphatic imine (C=N–C) groups is 1. The van der Waals surface area contributed by atoms with E-state index in [9.17, 15) is 4.39 Å². The van der Waals surface area contributed by atoms with Crippen LogP contribution in [-0.4, -0.2) is 12.8 Å². The van der Waals surface area contributed by atoms with Crippen molar-refractivity contribution in [3.8, 4) is 11.5 Å². The molecule has 4 nitrogen and oxygen atoms in total. The van der Waals surface area contributed by atoms with Crippen molar-refractivity contribution in [1.82, 2.24) is 0 Å². The summed E-state index contributed by atoms with van der Waals surface area (Å²) < 4.78 is 25.7. The molecule has 6 rings (SSSR count). The van der Waals surface area contributed by atoms with Crippen LogP contribution in [0.25, 0.3) is 0 Å². The first kappa shape index (κ1) is 26.1. The molecule has 0 saturated heterocycles. The molecular weight excluding hydrogens is 523 g/mol. The van der Waals surface area contributed by atoms with Crippen LogP contribution >= 0.6 is 11.6 Å². The molecule has 2 aliphatic rings. The highest BCUT2D eigenvalue weighted by atomic mass is 35.5. The van der Waals surface area contributed by atoms with Crippen molar-refractivity contribution >= 4 is 29.2 Å². The Bertz CT molecular complexity index is 1570. The summed E-state index contributed by atoms with van der Waals surface area (Å²) in [7, 11) is 0. The lowest BCUT2D eigenvalue weighted by Crippen LogP contribution is -2.28. The molecule has 0 bridgehead atoms. The number of halogens is 2. The second kappa shape index (κ2) is 11.6. The quantitative estimate of drug-likeness (QED) is 0.175. The maximum absolute atomic E-state index is 14.0. The maximum atomic E-state index is 14.0. The zero-order chi connectivity index (χ0) is 27.5. The minimum absolute atomic E-state index is 0.0470. The number of rotatable bonds is 8. The van der Waals surface area contributed by atoms with Crippen LogP contribution in [0.3, 0.4) is 0 Å². The molecule has 0 unspecified atom stereocenters. The predicted molar refractivity (Wildman–Crippen MR) is 160 cm³/mol. The molecule has 0 saturated carbocycles. The highest BCUT2D eigenvalue weighted by Crippen LogP contribution is 2.49. The van der Waals surface area contributed by atoms with Gasteiger partial charge in [0.15, 0.2) is 11.5 Å². The Labute approximate surface area is 239 Å². The van der Waals surface area contributed by atoms with Crippen LogP contribution in [0.4, 0.5) is 15.8 Å². The molecule has 40 heavy (non-hydrogen) atoms. The molecule has 1 aliphatic heterocycles. The average molecular weight is 553 g/mol.